The summed E-state index contributed by atoms with van der Waals surface area (Å²) in [6.45, 7) is 12.7. The van der Waals surface area contributed by atoms with Gasteiger partial charge >= 0.3 is 0 Å². The number of fused-ring (bicyclic) bond motifs is 1. The molecule has 3 saturated heterocycles. The minimum atomic E-state index is -1.56. The van der Waals surface area contributed by atoms with Crippen LogP contribution in [0.2, 0.25) is 0 Å². The number of benzene rings is 1. The van der Waals surface area contributed by atoms with E-state index in [1.807, 2.05) is 24.3 Å². The number of nitrogens with one attached hydrogen (secondary N) is 1. The molecule has 8 atom stereocenters. The second-order valence-electron chi connectivity index (χ2n) is 10.0. The molecular formula is C24H39N3O4. The highest BCUT2D eigenvalue weighted by Gasteiger charge is 2.59. The van der Waals surface area contributed by atoms with Crippen molar-refractivity contribution in [1.82, 2.24) is 15.1 Å². The summed E-state index contributed by atoms with van der Waals surface area (Å²) in [5.41, 5.74) is 0.317. The first kappa shape index (κ1) is 23.1. The van der Waals surface area contributed by atoms with Gasteiger partial charge in [0.2, 0.25) is 0 Å². The van der Waals surface area contributed by atoms with Gasteiger partial charge in [-0.2, -0.15) is 0 Å². The van der Waals surface area contributed by atoms with Crippen LogP contribution >= 0.6 is 0 Å². The van der Waals surface area contributed by atoms with Gasteiger partial charge in [-0.15, -0.1) is 0 Å². The number of hydrogen-bond acceptors (Lipinski definition) is 7. The van der Waals surface area contributed by atoms with Crippen LogP contribution in [0.1, 0.15) is 64.2 Å². The molecule has 0 bridgehead atoms. The van der Waals surface area contributed by atoms with Crippen molar-refractivity contribution in [3.8, 4) is 0 Å². The summed E-state index contributed by atoms with van der Waals surface area (Å²) in [5, 5.41) is 37.0. The average Bonchev–Trinajstić information content (AvgIpc) is 3.28. The number of ether oxygens (including phenoxy) is 1. The van der Waals surface area contributed by atoms with Crippen LogP contribution in [-0.2, 0) is 4.74 Å². The molecule has 7 nitrogen and oxygen atoms in total. The Morgan fingerprint density at radius 3 is 2.48 bits per heavy atom. The third kappa shape index (κ3) is 3.95. The Bertz CT molecular complexity index is 756. The van der Waals surface area contributed by atoms with E-state index in [2.05, 4.69) is 42.8 Å². The smallest absolute Gasteiger partial charge is 0.141 e. The predicted molar refractivity (Wildman–Crippen MR) is 119 cm³/mol. The van der Waals surface area contributed by atoms with E-state index >= 15 is 0 Å². The molecule has 3 aliphatic heterocycles. The Balaban J connectivity index is 1.56. The highest BCUT2D eigenvalue weighted by molar-refractivity contribution is 5.28. The first-order valence-electron chi connectivity index (χ1n) is 11.7. The van der Waals surface area contributed by atoms with Crippen molar-refractivity contribution in [3.63, 3.8) is 0 Å². The summed E-state index contributed by atoms with van der Waals surface area (Å²) in [5.74, 6) is 0.835. The maximum absolute atomic E-state index is 11.2. The zero-order valence-electron chi connectivity index (χ0n) is 19.4. The highest BCUT2D eigenvalue weighted by Crippen LogP contribution is 2.43. The van der Waals surface area contributed by atoms with Crippen LogP contribution < -0.4 is 5.32 Å². The van der Waals surface area contributed by atoms with Crippen molar-refractivity contribution < 1.29 is 20.1 Å². The first-order valence-corrected chi connectivity index (χ1v) is 11.7. The lowest BCUT2D eigenvalue weighted by molar-refractivity contribution is -0.149. The number of likely N-dealkylation sites (tertiary alicyclic amines) is 1. The van der Waals surface area contributed by atoms with Gasteiger partial charge in [0.1, 0.15) is 30.1 Å². The van der Waals surface area contributed by atoms with Crippen LogP contribution in [0.15, 0.2) is 24.3 Å². The zero-order valence-corrected chi connectivity index (χ0v) is 19.4. The summed E-state index contributed by atoms with van der Waals surface area (Å²) in [4.78, 5) is 4.55. The fourth-order valence-corrected chi connectivity index (χ4v) is 5.62. The van der Waals surface area contributed by atoms with E-state index in [4.69, 9.17) is 4.74 Å². The summed E-state index contributed by atoms with van der Waals surface area (Å²) in [6.07, 6.45) is -2.54. The lowest BCUT2D eigenvalue weighted by Crippen LogP contribution is -2.63. The molecule has 1 aromatic carbocycles. The number of hydrogen-bond donors (Lipinski definition) is 4. The van der Waals surface area contributed by atoms with Crippen molar-refractivity contribution >= 4 is 0 Å². The zero-order chi connectivity index (χ0) is 22.5. The van der Waals surface area contributed by atoms with Gasteiger partial charge in [0.05, 0.1) is 6.17 Å². The molecule has 3 heterocycles. The molecule has 0 saturated carbocycles. The SMILES string of the molecule is CCN1CNC(C)C2CCN([C@@H]3O[C@H]([C@H](O)c4ccc(C(C)C)cc4)[C@@](C)(O)[C@H]3O)C21. The van der Waals surface area contributed by atoms with Gasteiger partial charge in [-0.3, -0.25) is 9.80 Å². The Kier molecular flexibility index (Phi) is 6.49. The normalized spacial score (nSPS) is 40.4. The Morgan fingerprint density at radius 2 is 1.87 bits per heavy atom. The van der Waals surface area contributed by atoms with E-state index in [0.717, 1.165) is 26.2 Å². The Morgan fingerprint density at radius 1 is 1.23 bits per heavy atom. The molecule has 174 valence electrons. The summed E-state index contributed by atoms with van der Waals surface area (Å²) < 4.78 is 6.27. The van der Waals surface area contributed by atoms with Gasteiger partial charge in [-0.1, -0.05) is 45.0 Å². The minimum Gasteiger partial charge on any atom is -0.386 e. The van der Waals surface area contributed by atoms with Crippen LogP contribution in [0.3, 0.4) is 0 Å². The quantitative estimate of drug-likeness (QED) is 0.561. The van der Waals surface area contributed by atoms with Gasteiger partial charge in [-0.25, -0.2) is 0 Å². The third-order valence-electron chi connectivity index (χ3n) is 7.77. The molecule has 0 spiro atoms. The van der Waals surface area contributed by atoms with E-state index in [1.54, 1.807) is 6.92 Å². The van der Waals surface area contributed by atoms with Gasteiger partial charge in [0.25, 0.3) is 0 Å². The molecule has 7 heteroatoms. The summed E-state index contributed by atoms with van der Waals surface area (Å²) in [7, 11) is 0. The molecule has 3 aliphatic rings. The lowest BCUT2D eigenvalue weighted by atomic mass is 9.87. The fraction of sp³-hybridized carbons (Fsp3) is 0.750. The van der Waals surface area contributed by atoms with Gasteiger partial charge in [-0.05, 0) is 43.9 Å². The van der Waals surface area contributed by atoms with Gasteiger partial charge < -0.3 is 25.4 Å². The van der Waals surface area contributed by atoms with Crippen LogP contribution in [-0.4, -0.2) is 81.1 Å². The van der Waals surface area contributed by atoms with Crippen molar-refractivity contribution in [3.05, 3.63) is 35.4 Å². The summed E-state index contributed by atoms with van der Waals surface area (Å²) >= 11 is 0. The fourth-order valence-electron chi connectivity index (χ4n) is 5.62. The molecule has 4 rings (SSSR count). The largest absolute Gasteiger partial charge is 0.386 e. The molecule has 4 N–H and O–H groups in total. The van der Waals surface area contributed by atoms with Crippen LogP contribution in [0.25, 0.3) is 0 Å². The standard InChI is InChI=1S/C24H39N3O4/c1-6-26-13-25-15(4)18-11-12-27(22(18)26)23-20(29)24(5,30)21(31-23)19(28)17-9-7-16(8-10-17)14(2)3/h7-10,14-15,18-23,25,28-30H,6,11-13H2,1-5H3/t15?,18?,19-,20+,21-,22?,23-,24+/m1/s1. The van der Waals surface area contributed by atoms with Crippen LogP contribution in [0.4, 0.5) is 0 Å². The molecule has 0 aliphatic carbocycles. The molecule has 3 unspecified atom stereocenters. The van der Waals surface area contributed by atoms with Crippen molar-refractivity contribution in [2.75, 3.05) is 19.8 Å². The first-order chi connectivity index (χ1) is 14.7. The van der Waals surface area contributed by atoms with E-state index in [-0.39, 0.29) is 6.17 Å². The second kappa shape index (κ2) is 8.71. The molecule has 3 fully saturated rings. The Hall–Kier alpha value is -1.06. The third-order valence-corrected chi connectivity index (χ3v) is 7.77. The predicted octanol–water partition coefficient (Wildman–Crippen LogP) is 1.60. The topological polar surface area (TPSA) is 88.4 Å². The molecule has 0 radical (unpaired) electrons. The maximum Gasteiger partial charge on any atom is 0.141 e. The van der Waals surface area contributed by atoms with Crippen molar-refractivity contribution in [2.24, 2.45) is 5.92 Å². The van der Waals surface area contributed by atoms with E-state index in [1.165, 1.54) is 5.56 Å². The van der Waals surface area contributed by atoms with Crippen molar-refractivity contribution in [2.45, 2.75) is 89.3 Å². The maximum atomic E-state index is 11.2. The number of rotatable bonds is 5. The molecule has 31 heavy (non-hydrogen) atoms. The number of aliphatic hydroxyl groups is 3. The number of aliphatic hydroxyl groups excluding tert-OH is 2. The van der Waals surface area contributed by atoms with Crippen LogP contribution in [0.5, 0.6) is 0 Å². The van der Waals surface area contributed by atoms with E-state index in [0.29, 0.717) is 23.4 Å². The highest BCUT2D eigenvalue weighted by atomic mass is 16.6. The molecule has 1 aromatic rings. The van der Waals surface area contributed by atoms with E-state index in [9.17, 15) is 15.3 Å². The van der Waals surface area contributed by atoms with Crippen molar-refractivity contribution in [1.29, 1.82) is 0 Å². The van der Waals surface area contributed by atoms with Gasteiger partial charge in [0.15, 0.2) is 0 Å². The summed E-state index contributed by atoms with van der Waals surface area (Å²) in [6, 6.07) is 8.16. The minimum absolute atomic E-state index is 0.151. The monoisotopic (exact) mass is 433 g/mol. The van der Waals surface area contributed by atoms with Gasteiger partial charge in [0, 0.05) is 25.2 Å². The second-order valence-corrected chi connectivity index (χ2v) is 10.0. The number of nitrogens with zero attached hydrogens (tertiary/aromatic N) is 2. The van der Waals surface area contributed by atoms with E-state index < -0.39 is 30.1 Å². The lowest BCUT2D eigenvalue weighted by Gasteiger charge is -2.46. The van der Waals surface area contributed by atoms with Crippen LogP contribution in [0, 0.1) is 5.92 Å². The molecule has 0 aromatic heterocycles. The Labute approximate surface area is 186 Å². The molecular weight excluding hydrogens is 394 g/mol. The average molecular weight is 434 g/mol. The molecule has 0 amide bonds.